The maximum atomic E-state index is 12.3. The standard InChI is InChI=1S/C15H15ClN2O2/c1-18(9-10-4-2-3-5-14(10)19)15(20)11-6-12(16)8-13(17)7-11/h2-8,19H,9,17H2,1H3. The number of halogens is 1. The number of benzene rings is 2. The lowest BCUT2D eigenvalue weighted by molar-refractivity contribution is 0.0784. The second kappa shape index (κ2) is 5.84. The van der Waals surface area contributed by atoms with Gasteiger partial charge in [-0.2, -0.15) is 0 Å². The van der Waals surface area contributed by atoms with Crippen molar-refractivity contribution in [3.05, 3.63) is 58.6 Å². The Morgan fingerprint density at radius 2 is 2.00 bits per heavy atom. The molecule has 0 bridgehead atoms. The molecule has 0 atom stereocenters. The molecule has 2 rings (SSSR count). The Labute approximate surface area is 122 Å². The Bertz CT molecular complexity index is 623. The fraction of sp³-hybridized carbons (Fsp3) is 0.133. The highest BCUT2D eigenvalue weighted by molar-refractivity contribution is 6.31. The van der Waals surface area contributed by atoms with Crippen molar-refractivity contribution in [2.45, 2.75) is 6.54 Å². The largest absolute Gasteiger partial charge is 0.508 e. The van der Waals surface area contributed by atoms with Gasteiger partial charge in [0.05, 0.1) is 0 Å². The maximum Gasteiger partial charge on any atom is 0.254 e. The van der Waals surface area contributed by atoms with E-state index in [0.29, 0.717) is 28.4 Å². The van der Waals surface area contributed by atoms with Gasteiger partial charge in [0, 0.05) is 35.4 Å². The van der Waals surface area contributed by atoms with E-state index >= 15 is 0 Å². The summed E-state index contributed by atoms with van der Waals surface area (Å²) in [6.45, 7) is 0.303. The number of nitrogens with two attached hydrogens (primary N) is 1. The van der Waals surface area contributed by atoms with Crippen LogP contribution < -0.4 is 5.73 Å². The van der Waals surface area contributed by atoms with E-state index < -0.39 is 0 Å². The van der Waals surface area contributed by atoms with Crippen molar-refractivity contribution in [3.8, 4) is 5.75 Å². The van der Waals surface area contributed by atoms with Gasteiger partial charge in [-0.15, -0.1) is 0 Å². The van der Waals surface area contributed by atoms with E-state index in [-0.39, 0.29) is 11.7 Å². The molecule has 0 aliphatic rings. The van der Waals surface area contributed by atoms with Gasteiger partial charge in [0.2, 0.25) is 0 Å². The molecule has 2 aromatic carbocycles. The van der Waals surface area contributed by atoms with Crippen molar-refractivity contribution < 1.29 is 9.90 Å². The Balaban J connectivity index is 2.18. The number of phenols is 1. The highest BCUT2D eigenvalue weighted by Gasteiger charge is 2.14. The molecule has 0 saturated heterocycles. The summed E-state index contributed by atoms with van der Waals surface area (Å²) in [7, 11) is 1.66. The minimum absolute atomic E-state index is 0.165. The molecule has 5 heteroatoms. The zero-order valence-corrected chi connectivity index (χ0v) is 11.8. The monoisotopic (exact) mass is 290 g/mol. The van der Waals surface area contributed by atoms with E-state index in [1.54, 1.807) is 43.4 Å². The van der Waals surface area contributed by atoms with Crippen molar-refractivity contribution in [1.82, 2.24) is 4.90 Å². The van der Waals surface area contributed by atoms with E-state index in [2.05, 4.69) is 0 Å². The number of carbonyl (C=O) groups excluding carboxylic acids is 1. The van der Waals surface area contributed by atoms with Crippen LogP contribution in [-0.4, -0.2) is 23.0 Å². The predicted molar refractivity (Wildman–Crippen MR) is 79.8 cm³/mol. The van der Waals surface area contributed by atoms with Crippen molar-refractivity contribution in [2.24, 2.45) is 0 Å². The molecule has 2 aromatic rings. The molecule has 0 unspecified atom stereocenters. The Hall–Kier alpha value is -2.20. The Morgan fingerprint density at radius 3 is 2.65 bits per heavy atom. The smallest absolute Gasteiger partial charge is 0.254 e. The van der Waals surface area contributed by atoms with Gasteiger partial charge in [0.15, 0.2) is 0 Å². The molecule has 1 amide bonds. The SMILES string of the molecule is CN(Cc1ccccc1O)C(=O)c1cc(N)cc(Cl)c1. The van der Waals surface area contributed by atoms with Crippen LogP contribution >= 0.6 is 11.6 Å². The molecular weight excluding hydrogens is 276 g/mol. The molecule has 4 nitrogen and oxygen atoms in total. The van der Waals surface area contributed by atoms with Gasteiger partial charge in [-0.05, 0) is 24.3 Å². The lowest BCUT2D eigenvalue weighted by Gasteiger charge is -2.18. The highest BCUT2D eigenvalue weighted by Crippen LogP contribution is 2.20. The van der Waals surface area contributed by atoms with Crippen LogP contribution in [0.1, 0.15) is 15.9 Å². The fourth-order valence-corrected chi connectivity index (χ4v) is 2.17. The number of nitrogens with zero attached hydrogens (tertiary/aromatic N) is 1. The number of aromatic hydroxyl groups is 1. The van der Waals surface area contributed by atoms with Crippen LogP contribution in [0.5, 0.6) is 5.75 Å². The lowest BCUT2D eigenvalue weighted by Crippen LogP contribution is -2.26. The molecule has 0 spiro atoms. The number of para-hydroxylation sites is 1. The van der Waals surface area contributed by atoms with Crippen LogP contribution in [0, 0.1) is 0 Å². The van der Waals surface area contributed by atoms with Gasteiger partial charge >= 0.3 is 0 Å². The van der Waals surface area contributed by atoms with E-state index in [1.165, 1.54) is 4.90 Å². The molecule has 104 valence electrons. The summed E-state index contributed by atoms with van der Waals surface area (Å²) in [4.78, 5) is 13.8. The van der Waals surface area contributed by atoms with Crippen LogP contribution in [0.2, 0.25) is 5.02 Å². The number of anilines is 1. The van der Waals surface area contributed by atoms with Crippen LogP contribution in [0.4, 0.5) is 5.69 Å². The molecule has 0 aliphatic carbocycles. The van der Waals surface area contributed by atoms with Crippen molar-refractivity contribution in [2.75, 3.05) is 12.8 Å². The second-order valence-corrected chi connectivity index (χ2v) is 5.00. The summed E-state index contributed by atoms with van der Waals surface area (Å²) in [5.74, 6) is -0.0415. The first-order valence-corrected chi connectivity index (χ1v) is 6.43. The molecule has 20 heavy (non-hydrogen) atoms. The molecule has 0 fully saturated rings. The zero-order valence-electron chi connectivity index (χ0n) is 11.0. The number of carbonyl (C=O) groups is 1. The summed E-state index contributed by atoms with van der Waals surface area (Å²) in [6.07, 6.45) is 0. The van der Waals surface area contributed by atoms with Crippen LogP contribution in [0.25, 0.3) is 0 Å². The second-order valence-electron chi connectivity index (χ2n) is 4.56. The molecule has 0 saturated carbocycles. The van der Waals surface area contributed by atoms with Gasteiger partial charge in [-0.1, -0.05) is 29.8 Å². The lowest BCUT2D eigenvalue weighted by atomic mass is 10.1. The quantitative estimate of drug-likeness (QED) is 0.854. The van der Waals surface area contributed by atoms with Crippen molar-refractivity contribution >= 4 is 23.2 Å². The van der Waals surface area contributed by atoms with Gasteiger partial charge in [0.1, 0.15) is 5.75 Å². The third-order valence-electron chi connectivity index (χ3n) is 2.91. The summed E-state index contributed by atoms with van der Waals surface area (Å²) < 4.78 is 0. The molecular formula is C15H15ClN2O2. The average Bonchev–Trinajstić information content (AvgIpc) is 2.39. The summed E-state index contributed by atoms with van der Waals surface area (Å²) in [5, 5.41) is 10.1. The minimum atomic E-state index is -0.206. The molecule has 0 aliphatic heterocycles. The van der Waals surface area contributed by atoms with Gasteiger partial charge in [0.25, 0.3) is 5.91 Å². The summed E-state index contributed by atoms with van der Waals surface area (Å²) in [5.41, 5.74) is 7.22. The number of amides is 1. The third kappa shape index (κ3) is 3.22. The normalized spacial score (nSPS) is 10.3. The van der Waals surface area contributed by atoms with E-state index in [9.17, 15) is 9.90 Å². The topological polar surface area (TPSA) is 66.6 Å². The average molecular weight is 291 g/mol. The molecule has 0 aromatic heterocycles. The number of phenolic OH excluding ortho intramolecular Hbond substituents is 1. The predicted octanol–water partition coefficient (Wildman–Crippen LogP) is 2.90. The van der Waals surface area contributed by atoms with E-state index in [4.69, 9.17) is 17.3 Å². The highest BCUT2D eigenvalue weighted by atomic mass is 35.5. The number of hydrogen-bond acceptors (Lipinski definition) is 3. The Kier molecular flexibility index (Phi) is 4.15. The first kappa shape index (κ1) is 14.2. The molecule has 0 heterocycles. The van der Waals surface area contributed by atoms with Gasteiger partial charge in [-0.25, -0.2) is 0 Å². The fourth-order valence-electron chi connectivity index (χ4n) is 1.93. The van der Waals surface area contributed by atoms with Crippen LogP contribution in [-0.2, 0) is 6.54 Å². The van der Waals surface area contributed by atoms with Gasteiger partial charge < -0.3 is 15.7 Å². The Morgan fingerprint density at radius 1 is 1.30 bits per heavy atom. The number of hydrogen-bond donors (Lipinski definition) is 2. The maximum absolute atomic E-state index is 12.3. The molecule has 3 N–H and O–H groups in total. The van der Waals surface area contributed by atoms with Crippen LogP contribution in [0.15, 0.2) is 42.5 Å². The number of rotatable bonds is 3. The first-order valence-electron chi connectivity index (χ1n) is 6.06. The number of nitrogen functional groups attached to an aromatic ring is 1. The first-order chi connectivity index (χ1) is 9.47. The van der Waals surface area contributed by atoms with E-state index in [1.807, 2.05) is 6.07 Å². The van der Waals surface area contributed by atoms with E-state index in [0.717, 1.165) is 0 Å². The summed E-state index contributed by atoms with van der Waals surface area (Å²) >= 11 is 5.89. The van der Waals surface area contributed by atoms with Gasteiger partial charge in [-0.3, -0.25) is 4.79 Å². The minimum Gasteiger partial charge on any atom is -0.508 e. The zero-order chi connectivity index (χ0) is 14.7. The third-order valence-corrected chi connectivity index (χ3v) is 3.13. The van der Waals surface area contributed by atoms with Crippen molar-refractivity contribution in [3.63, 3.8) is 0 Å². The summed E-state index contributed by atoms with van der Waals surface area (Å²) in [6, 6.07) is 11.6. The van der Waals surface area contributed by atoms with Crippen LogP contribution in [0.3, 0.4) is 0 Å². The molecule has 0 radical (unpaired) electrons. The van der Waals surface area contributed by atoms with Crippen molar-refractivity contribution in [1.29, 1.82) is 0 Å².